The van der Waals surface area contributed by atoms with Gasteiger partial charge in [0.25, 0.3) is 0 Å². The van der Waals surface area contributed by atoms with Gasteiger partial charge in [0.2, 0.25) is 10.0 Å². The topological polar surface area (TPSA) is 87.7 Å². The van der Waals surface area contributed by atoms with Crippen molar-refractivity contribution in [2.75, 3.05) is 35.6 Å². The molecule has 2 N–H and O–H groups in total. The Kier molecular flexibility index (Phi) is 6.85. The molecule has 0 bridgehead atoms. The minimum Gasteiger partial charge on any atom is -0.492 e. The minimum atomic E-state index is -3.53. The molecule has 2 aromatic carbocycles. The van der Waals surface area contributed by atoms with Gasteiger partial charge in [-0.05, 0) is 31.2 Å². The highest BCUT2D eigenvalue weighted by Gasteiger charge is 2.20. The average molecular weight is 377 g/mol. The van der Waals surface area contributed by atoms with Gasteiger partial charge in [0.05, 0.1) is 25.1 Å². The maximum Gasteiger partial charge on any atom is 0.319 e. The van der Waals surface area contributed by atoms with Crippen LogP contribution in [0.4, 0.5) is 16.2 Å². The quantitative estimate of drug-likeness (QED) is 0.740. The second-order valence-electron chi connectivity index (χ2n) is 5.48. The zero-order valence-electron chi connectivity index (χ0n) is 14.8. The molecular formula is C18H23N3O4S. The second-order valence-corrected chi connectivity index (χ2v) is 7.39. The second kappa shape index (κ2) is 9.10. The van der Waals surface area contributed by atoms with E-state index in [1.807, 2.05) is 25.1 Å². The molecule has 7 nitrogen and oxygen atoms in total. The highest BCUT2D eigenvalue weighted by atomic mass is 32.2. The molecule has 2 amide bonds. The van der Waals surface area contributed by atoms with Crippen molar-refractivity contribution in [3.05, 3.63) is 54.6 Å². The molecular weight excluding hydrogens is 354 g/mol. The number of nitrogens with one attached hydrogen (secondary N) is 2. The fourth-order valence-electron chi connectivity index (χ4n) is 2.37. The number of carbonyl (C=O) groups excluding carboxylic acids is 1. The molecule has 140 valence electrons. The van der Waals surface area contributed by atoms with Crippen molar-refractivity contribution >= 4 is 27.4 Å². The number of sulfonamides is 1. The predicted octanol–water partition coefficient (Wildman–Crippen LogP) is 2.67. The highest BCUT2D eigenvalue weighted by molar-refractivity contribution is 7.92. The summed E-state index contributed by atoms with van der Waals surface area (Å²) in [6.45, 7) is 2.49. The molecule has 2 rings (SSSR count). The van der Waals surface area contributed by atoms with Gasteiger partial charge < -0.3 is 15.4 Å². The van der Waals surface area contributed by atoms with Gasteiger partial charge in [0, 0.05) is 12.2 Å². The van der Waals surface area contributed by atoms with Crippen LogP contribution in [0.5, 0.6) is 5.75 Å². The Labute approximate surface area is 154 Å². The lowest BCUT2D eigenvalue weighted by atomic mass is 10.3. The fourth-order valence-corrected chi connectivity index (χ4v) is 3.30. The summed E-state index contributed by atoms with van der Waals surface area (Å²) < 4.78 is 31.1. The number of ether oxygens (including phenoxy) is 1. The third kappa shape index (κ3) is 5.66. The van der Waals surface area contributed by atoms with Gasteiger partial charge in [-0.2, -0.15) is 0 Å². The third-order valence-electron chi connectivity index (χ3n) is 3.47. The summed E-state index contributed by atoms with van der Waals surface area (Å²) in [5.74, 6) is 0.481. The molecule has 0 saturated heterocycles. The molecule has 0 aromatic heterocycles. The van der Waals surface area contributed by atoms with E-state index >= 15 is 0 Å². The van der Waals surface area contributed by atoms with E-state index in [9.17, 15) is 13.2 Å². The van der Waals surface area contributed by atoms with Crippen molar-refractivity contribution in [3.8, 4) is 5.75 Å². The maximum absolute atomic E-state index is 12.2. The molecule has 0 aliphatic heterocycles. The first-order chi connectivity index (χ1) is 12.4. The molecule has 2 aromatic rings. The van der Waals surface area contributed by atoms with Gasteiger partial charge in [0.1, 0.15) is 5.75 Å². The highest BCUT2D eigenvalue weighted by Crippen LogP contribution is 2.29. The lowest BCUT2D eigenvalue weighted by molar-refractivity contribution is 0.252. The van der Waals surface area contributed by atoms with E-state index in [2.05, 4.69) is 10.6 Å². The van der Waals surface area contributed by atoms with Crippen LogP contribution in [-0.4, -0.2) is 40.4 Å². The Bertz CT molecular complexity index is 825. The van der Waals surface area contributed by atoms with Gasteiger partial charge >= 0.3 is 6.03 Å². The first kappa shape index (κ1) is 19.6. The number of anilines is 2. The zero-order chi connectivity index (χ0) is 19.0. The van der Waals surface area contributed by atoms with E-state index in [4.69, 9.17) is 4.74 Å². The van der Waals surface area contributed by atoms with Crippen molar-refractivity contribution in [2.45, 2.75) is 6.92 Å². The normalized spacial score (nSPS) is 10.8. The summed E-state index contributed by atoms with van der Waals surface area (Å²) in [5.41, 5.74) is 1.11. The van der Waals surface area contributed by atoms with E-state index in [1.54, 1.807) is 36.4 Å². The Balaban J connectivity index is 2.02. The summed E-state index contributed by atoms with van der Waals surface area (Å²) in [6.07, 6.45) is 1.12. The molecule has 26 heavy (non-hydrogen) atoms. The lowest BCUT2D eigenvalue weighted by Crippen LogP contribution is -2.39. The molecule has 0 aliphatic carbocycles. The van der Waals surface area contributed by atoms with Crippen molar-refractivity contribution in [1.29, 1.82) is 0 Å². The van der Waals surface area contributed by atoms with Crippen LogP contribution in [0.25, 0.3) is 0 Å². The number of para-hydroxylation sites is 3. The molecule has 0 atom stereocenters. The monoisotopic (exact) mass is 377 g/mol. The summed E-state index contributed by atoms with van der Waals surface area (Å²) in [4.78, 5) is 11.9. The van der Waals surface area contributed by atoms with Crippen molar-refractivity contribution < 1.29 is 17.9 Å². The molecule has 0 radical (unpaired) electrons. The van der Waals surface area contributed by atoms with Crippen LogP contribution >= 0.6 is 0 Å². The van der Waals surface area contributed by atoms with Crippen molar-refractivity contribution in [1.82, 2.24) is 5.32 Å². The van der Waals surface area contributed by atoms with E-state index in [1.165, 1.54) is 4.31 Å². The number of hydrogen-bond donors (Lipinski definition) is 2. The molecule has 0 fully saturated rings. The Morgan fingerprint density at radius 3 is 2.38 bits per heavy atom. The summed E-state index contributed by atoms with van der Waals surface area (Å²) in [6, 6.07) is 15.5. The molecule has 0 heterocycles. The van der Waals surface area contributed by atoms with Crippen LogP contribution in [0.1, 0.15) is 6.92 Å². The van der Waals surface area contributed by atoms with Crippen molar-refractivity contribution in [3.63, 3.8) is 0 Å². The third-order valence-corrected chi connectivity index (χ3v) is 4.65. The Morgan fingerprint density at radius 1 is 1.08 bits per heavy atom. The summed E-state index contributed by atoms with van der Waals surface area (Å²) in [5, 5.41) is 5.34. The van der Waals surface area contributed by atoms with Gasteiger partial charge in [-0.15, -0.1) is 0 Å². The van der Waals surface area contributed by atoms with Crippen LogP contribution in [0.2, 0.25) is 0 Å². The van der Waals surface area contributed by atoms with Gasteiger partial charge in [-0.25, -0.2) is 13.2 Å². The molecule has 0 unspecified atom stereocenters. The fraction of sp³-hybridized carbons (Fsp3) is 0.278. The van der Waals surface area contributed by atoms with Crippen molar-refractivity contribution in [2.24, 2.45) is 0 Å². The largest absolute Gasteiger partial charge is 0.492 e. The number of urea groups is 1. The first-order valence-electron chi connectivity index (χ1n) is 8.21. The van der Waals surface area contributed by atoms with Crippen LogP contribution in [-0.2, 0) is 10.0 Å². The molecule has 0 spiro atoms. The first-order valence-corrected chi connectivity index (χ1v) is 10.1. The minimum absolute atomic E-state index is 0.0884. The van der Waals surface area contributed by atoms with Crippen LogP contribution in [0, 0.1) is 0 Å². The maximum atomic E-state index is 12.2. The van der Waals surface area contributed by atoms with Crippen LogP contribution in [0.15, 0.2) is 54.6 Å². The number of carbonyl (C=O) groups is 1. The smallest absolute Gasteiger partial charge is 0.319 e. The van der Waals surface area contributed by atoms with Crippen LogP contribution in [0.3, 0.4) is 0 Å². The standard InChI is InChI=1S/C18H23N3O4S/c1-3-25-17-12-8-7-11-16(17)21(26(2,23)24)14-13-19-18(22)20-15-9-5-4-6-10-15/h4-12H,3,13-14H2,1-2H3,(H2,19,20,22). The number of nitrogens with zero attached hydrogens (tertiary/aromatic N) is 1. The Hall–Kier alpha value is -2.74. The average Bonchev–Trinajstić information content (AvgIpc) is 2.60. The van der Waals surface area contributed by atoms with Gasteiger partial charge in [-0.3, -0.25) is 4.31 Å². The summed E-state index contributed by atoms with van der Waals surface area (Å²) >= 11 is 0. The predicted molar refractivity (Wildman–Crippen MR) is 103 cm³/mol. The SMILES string of the molecule is CCOc1ccccc1N(CCNC(=O)Nc1ccccc1)S(C)(=O)=O. The number of amides is 2. The van der Waals surface area contributed by atoms with E-state index < -0.39 is 16.1 Å². The lowest BCUT2D eigenvalue weighted by Gasteiger charge is -2.24. The number of hydrogen-bond acceptors (Lipinski definition) is 4. The number of benzene rings is 2. The Morgan fingerprint density at radius 2 is 1.73 bits per heavy atom. The molecule has 8 heteroatoms. The van der Waals surface area contributed by atoms with E-state index in [0.717, 1.165) is 6.26 Å². The van der Waals surface area contributed by atoms with Crippen LogP contribution < -0.4 is 19.7 Å². The molecule has 0 aliphatic rings. The van der Waals surface area contributed by atoms with E-state index in [-0.39, 0.29) is 13.1 Å². The number of rotatable bonds is 8. The van der Waals surface area contributed by atoms with Gasteiger partial charge in [0.15, 0.2) is 0 Å². The van der Waals surface area contributed by atoms with Gasteiger partial charge in [-0.1, -0.05) is 30.3 Å². The summed E-state index contributed by atoms with van der Waals surface area (Å²) in [7, 11) is -3.53. The zero-order valence-corrected chi connectivity index (χ0v) is 15.6. The van der Waals surface area contributed by atoms with E-state index in [0.29, 0.717) is 23.7 Å². The molecule has 0 saturated carbocycles.